The number of halogens is 1. The third kappa shape index (κ3) is 9.04. The standard InChI is InChI=1S/C32H37ClN2O3S/c1-38-28-14-8-11-25(21-28)23-35(31(36)19-20-39-29-17-15-26(33)16-18-29)30(22-24-9-4-2-5-10-24)32(37)34-27-12-6-3-7-13-27/h2,4-5,8-11,14-18,21,27,30H,3,6-7,12-13,19-20,22-23H2,1H3,(H,34,37)/t30-/m1/s1. The monoisotopic (exact) mass is 564 g/mol. The topological polar surface area (TPSA) is 58.6 Å². The van der Waals surface area contributed by atoms with Crippen molar-refractivity contribution in [2.75, 3.05) is 12.9 Å². The minimum absolute atomic E-state index is 0.0426. The summed E-state index contributed by atoms with van der Waals surface area (Å²) in [6.45, 7) is 0.331. The van der Waals surface area contributed by atoms with Gasteiger partial charge in [-0.05, 0) is 60.4 Å². The fraction of sp³-hybridized carbons (Fsp3) is 0.375. The van der Waals surface area contributed by atoms with Crippen LogP contribution in [0.1, 0.15) is 49.7 Å². The molecule has 206 valence electrons. The number of ether oxygens (including phenoxy) is 1. The number of nitrogens with zero attached hydrogens (tertiary/aromatic N) is 1. The largest absolute Gasteiger partial charge is 0.497 e. The number of nitrogens with one attached hydrogen (secondary N) is 1. The average Bonchev–Trinajstić information content (AvgIpc) is 2.97. The summed E-state index contributed by atoms with van der Waals surface area (Å²) < 4.78 is 5.43. The van der Waals surface area contributed by atoms with Crippen LogP contribution in [0.15, 0.2) is 83.8 Å². The molecule has 3 aromatic carbocycles. The van der Waals surface area contributed by atoms with Crippen LogP contribution >= 0.6 is 23.4 Å². The first-order valence-electron chi connectivity index (χ1n) is 13.7. The maximum Gasteiger partial charge on any atom is 0.243 e. The number of hydrogen-bond donors (Lipinski definition) is 1. The number of thioether (sulfide) groups is 1. The normalized spacial score (nSPS) is 14.4. The Balaban J connectivity index is 1.57. The van der Waals surface area contributed by atoms with E-state index in [0.29, 0.717) is 30.2 Å². The van der Waals surface area contributed by atoms with Crippen LogP contribution in [0.2, 0.25) is 5.02 Å². The molecule has 1 aliphatic carbocycles. The van der Waals surface area contributed by atoms with Gasteiger partial charge in [0, 0.05) is 41.1 Å². The van der Waals surface area contributed by atoms with Crippen molar-refractivity contribution in [2.24, 2.45) is 0 Å². The molecule has 0 heterocycles. The molecule has 7 heteroatoms. The highest BCUT2D eigenvalue weighted by molar-refractivity contribution is 7.99. The smallest absolute Gasteiger partial charge is 0.243 e. The number of carbonyl (C=O) groups excluding carboxylic acids is 2. The summed E-state index contributed by atoms with van der Waals surface area (Å²) >= 11 is 7.63. The first kappa shape index (κ1) is 29.0. The number of benzene rings is 3. The molecule has 4 rings (SSSR count). The van der Waals surface area contributed by atoms with Gasteiger partial charge in [-0.3, -0.25) is 9.59 Å². The number of hydrogen-bond acceptors (Lipinski definition) is 4. The van der Waals surface area contributed by atoms with E-state index in [4.69, 9.17) is 16.3 Å². The molecule has 1 aliphatic rings. The lowest BCUT2D eigenvalue weighted by Gasteiger charge is -2.33. The van der Waals surface area contributed by atoms with Gasteiger partial charge in [0.15, 0.2) is 0 Å². The van der Waals surface area contributed by atoms with E-state index in [1.807, 2.05) is 78.9 Å². The lowest BCUT2D eigenvalue weighted by Crippen LogP contribution is -2.52. The summed E-state index contributed by atoms with van der Waals surface area (Å²) in [6, 6.07) is 24.8. The van der Waals surface area contributed by atoms with E-state index >= 15 is 0 Å². The number of amides is 2. The molecule has 0 spiro atoms. The molecule has 1 saturated carbocycles. The van der Waals surface area contributed by atoms with Crippen LogP contribution < -0.4 is 10.1 Å². The number of methoxy groups -OCH3 is 1. The molecule has 39 heavy (non-hydrogen) atoms. The van der Waals surface area contributed by atoms with Crippen LogP contribution in [0.5, 0.6) is 5.75 Å². The second-order valence-corrected chi connectivity index (χ2v) is 11.6. The molecule has 1 N–H and O–H groups in total. The van der Waals surface area contributed by atoms with Crippen LogP contribution in [0.25, 0.3) is 0 Å². The third-order valence-electron chi connectivity index (χ3n) is 7.11. The Labute approximate surface area is 241 Å². The Morgan fingerprint density at radius 2 is 1.69 bits per heavy atom. The molecule has 0 aliphatic heterocycles. The van der Waals surface area contributed by atoms with Crippen LogP contribution in [-0.4, -0.2) is 41.7 Å². The molecule has 1 atom stereocenters. The Morgan fingerprint density at radius 3 is 2.41 bits per heavy atom. The zero-order chi connectivity index (χ0) is 27.5. The molecule has 0 radical (unpaired) electrons. The summed E-state index contributed by atoms with van der Waals surface area (Å²) in [7, 11) is 1.63. The lowest BCUT2D eigenvalue weighted by atomic mass is 9.94. The van der Waals surface area contributed by atoms with Crippen LogP contribution in [0.4, 0.5) is 0 Å². The minimum Gasteiger partial charge on any atom is -0.497 e. The van der Waals surface area contributed by atoms with E-state index in [2.05, 4.69) is 5.32 Å². The molecular weight excluding hydrogens is 528 g/mol. The maximum absolute atomic E-state index is 13.9. The molecule has 0 saturated heterocycles. The maximum atomic E-state index is 13.9. The van der Waals surface area contributed by atoms with E-state index < -0.39 is 6.04 Å². The summed E-state index contributed by atoms with van der Waals surface area (Å²) in [5.74, 6) is 1.22. The van der Waals surface area contributed by atoms with Gasteiger partial charge in [-0.2, -0.15) is 0 Å². The van der Waals surface area contributed by atoms with Crippen molar-refractivity contribution in [1.29, 1.82) is 0 Å². The van der Waals surface area contributed by atoms with Gasteiger partial charge in [-0.15, -0.1) is 11.8 Å². The zero-order valence-electron chi connectivity index (χ0n) is 22.5. The van der Waals surface area contributed by atoms with Gasteiger partial charge >= 0.3 is 0 Å². The van der Waals surface area contributed by atoms with Gasteiger partial charge in [0.1, 0.15) is 11.8 Å². The summed E-state index contributed by atoms with van der Waals surface area (Å²) in [5.41, 5.74) is 1.96. The molecule has 1 fully saturated rings. The Kier molecular flexibility index (Phi) is 11.2. The fourth-order valence-electron chi connectivity index (χ4n) is 5.00. The molecule has 2 amide bonds. The first-order valence-corrected chi connectivity index (χ1v) is 15.0. The molecular formula is C32H37ClN2O3S. The van der Waals surface area contributed by atoms with Gasteiger partial charge in [0.25, 0.3) is 0 Å². The van der Waals surface area contributed by atoms with Crippen LogP contribution in [-0.2, 0) is 22.6 Å². The van der Waals surface area contributed by atoms with Crippen molar-refractivity contribution in [1.82, 2.24) is 10.2 Å². The van der Waals surface area contributed by atoms with Crippen LogP contribution in [0.3, 0.4) is 0 Å². The van der Waals surface area contributed by atoms with Gasteiger partial charge in [-0.25, -0.2) is 0 Å². The van der Waals surface area contributed by atoms with E-state index in [-0.39, 0.29) is 17.9 Å². The second kappa shape index (κ2) is 15.0. The van der Waals surface area contributed by atoms with Crippen molar-refractivity contribution in [3.05, 3.63) is 95.0 Å². The average molecular weight is 565 g/mol. The Hall–Kier alpha value is -2.96. The summed E-state index contributed by atoms with van der Waals surface area (Å²) in [6.07, 6.45) is 6.23. The van der Waals surface area contributed by atoms with Gasteiger partial charge in [-0.1, -0.05) is 73.3 Å². The second-order valence-electron chi connectivity index (χ2n) is 9.97. The SMILES string of the molecule is COc1cccc(CN(C(=O)CCSc2ccc(Cl)cc2)[C@H](Cc2ccccc2)C(=O)NC2CCCCC2)c1. The molecule has 3 aromatic rings. The highest BCUT2D eigenvalue weighted by Crippen LogP contribution is 2.24. The Bertz CT molecular complexity index is 1200. The lowest BCUT2D eigenvalue weighted by molar-refractivity contribution is -0.141. The molecule has 0 bridgehead atoms. The molecule has 0 unspecified atom stereocenters. The highest BCUT2D eigenvalue weighted by atomic mass is 35.5. The molecule has 5 nitrogen and oxygen atoms in total. The highest BCUT2D eigenvalue weighted by Gasteiger charge is 2.31. The predicted octanol–water partition coefficient (Wildman–Crippen LogP) is 6.92. The van der Waals surface area contributed by atoms with Gasteiger partial charge in [0.05, 0.1) is 7.11 Å². The van der Waals surface area contributed by atoms with Gasteiger partial charge in [0.2, 0.25) is 11.8 Å². The third-order valence-corrected chi connectivity index (χ3v) is 8.37. The summed E-state index contributed by atoms with van der Waals surface area (Å²) in [4.78, 5) is 30.5. The van der Waals surface area contributed by atoms with E-state index in [0.717, 1.165) is 47.5 Å². The first-order chi connectivity index (χ1) is 19.0. The summed E-state index contributed by atoms with van der Waals surface area (Å²) in [5, 5.41) is 3.98. The predicted molar refractivity (Wildman–Crippen MR) is 159 cm³/mol. The van der Waals surface area contributed by atoms with Crippen molar-refractivity contribution in [3.63, 3.8) is 0 Å². The quantitative estimate of drug-likeness (QED) is 0.243. The van der Waals surface area contributed by atoms with E-state index in [1.165, 1.54) is 6.42 Å². The van der Waals surface area contributed by atoms with E-state index in [1.54, 1.807) is 23.8 Å². The van der Waals surface area contributed by atoms with Crippen molar-refractivity contribution in [3.8, 4) is 5.75 Å². The van der Waals surface area contributed by atoms with Gasteiger partial charge < -0.3 is 15.0 Å². The fourth-order valence-corrected chi connectivity index (χ4v) is 5.96. The van der Waals surface area contributed by atoms with Crippen LogP contribution in [0, 0.1) is 0 Å². The van der Waals surface area contributed by atoms with Crippen molar-refractivity contribution >= 4 is 35.2 Å². The van der Waals surface area contributed by atoms with Crippen molar-refractivity contribution < 1.29 is 14.3 Å². The minimum atomic E-state index is -0.617. The van der Waals surface area contributed by atoms with Crippen molar-refractivity contribution in [2.45, 2.75) is 68.5 Å². The zero-order valence-corrected chi connectivity index (χ0v) is 24.1. The van der Waals surface area contributed by atoms with E-state index in [9.17, 15) is 9.59 Å². The number of carbonyl (C=O) groups is 2. The Morgan fingerprint density at radius 1 is 0.974 bits per heavy atom. The molecule has 0 aromatic heterocycles. The number of rotatable bonds is 12.